The topological polar surface area (TPSA) is 40.6 Å². The number of fused-ring (bicyclic) bond motifs is 2. The van der Waals surface area contributed by atoms with Crippen molar-refractivity contribution in [2.45, 2.75) is 25.9 Å². The molecule has 5 heteroatoms. The van der Waals surface area contributed by atoms with Crippen LogP contribution in [0.15, 0.2) is 60.7 Å². The molecule has 146 valence electrons. The molecule has 3 aromatic rings. The van der Waals surface area contributed by atoms with Crippen LogP contribution in [0, 0.1) is 0 Å². The molecule has 0 spiro atoms. The lowest BCUT2D eigenvalue weighted by atomic mass is 10.00. The van der Waals surface area contributed by atoms with Gasteiger partial charge in [0.25, 0.3) is 11.8 Å². The molecule has 1 aromatic heterocycles. The Balaban J connectivity index is 1.30. The van der Waals surface area contributed by atoms with E-state index in [1.807, 2.05) is 34.1 Å². The van der Waals surface area contributed by atoms with Gasteiger partial charge >= 0.3 is 0 Å². The fourth-order valence-electron chi connectivity index (χ4n) is 4.22. The van der Waals surface area contributed by atoms with E-state index in [4.69, 9.17) is 0 Å². The minimum absolute atomic E-state index is 0.0209. The highest BCUT2D eigenvalue weighted by Gasteiger charge is 2.26. The maximum atomic E-state index is 13.0. The van der Waals surface area contributed by atoms with Gasteiger partial charge in [0.2, 0.25) is 0 Å². The van der Waals surface area contributed by atoms with Crippen molar-refractivity contribution in [3.05, 3.63) is 92.7 Å². The van der Waals surface area contributed by atoms with Crippen molar-refractivity contribution in [1.82, 2.24) is 9.80 Å². The van der Waals surface area contributed by atoms with E-state index < -0.39 is 0 Å². The van der Waals surface area contributed by atoms with Gasteiger partial charge in [0.05, 0.1) is 9.75 Å². The molecule has 3 heterocycles. The summed E-state index contributed by atoms with van der Waals surface area (Å²) in [6.07, 6.45) is 1.76. The fraction of sp³-hybridized carbons (Fsp3) is 0.250. The van der Waals surface area contributed by atoms with E-state index in [-0.39, 0.29) is 11.8 Å². The maximum Gasteiger partial charge on any atom is 0.264 e. The fourth-order valence-corrected chi connectivity index (χ4v) is 5.16. The molecule has 0 atom stereocenters. The molecule has 0 N–H and O–H groups in total. The Morgan fingerprint density at radius 1 is 0.621 bits per heavy atom. The molecule has 29 heavy (non-hydrogen) atoms. The van der Waals surface area contributed by atoms with E-state index in [0.717, 1.165) is 25.9 Å². The van der Waals surface area contributed by atoms with Gasteiger partial charge in [0.1, 0.15) is 0 Å². The van der Waals surface area contributed by atoms with Crippen molar-refractivity contribution < 1.29 is 9.59 Å². The van der Waals surface area contributed by atoms with Gasteiger partial charge in [0.15, 0.2) is 0 Å². The number of benzene rings is 2. The molecule has 0 saturated heterocycles. The summed E-state index contributed by atoms with van der Waals surface area (Å²) in [5, 5.41) is 0. The van der Waals surface area contributed by atoms with E-state index in [9.17, 15) is 9.59 Å². The number of thiophene rings is 1. The molecule has 0 aliphatic carbocycles. The normalized spacial score (nSPS) is 15.6. The van der Waals surface area contributed by atoms with Crippen molar-refractivity contribution in [2.24, 2.45) is 0 Å². The first kappa shape index (κ1) is 18.1. The zero-order chi connectivity index (χ0) is 19.8. The van der Waals surface area contributed by atoms with Gasteiger partial charge in [0, 0.05) is 26.2 Å². The molecule has 2 aliphatic rings. The van der Waals surface area contributed by atoms with Crippen LogP contribution in [0.5, 0.6) is 0 Å². The molecule has 2 aromatic carbocycles. The Morgan fingerprint density at radius 3 is 1.48 bits per heavy atom. The van der Waals surface area contributed by atoms with E-state index >= 15 is 0 Å². The first-order chi connectivity index (χ1) is 14.2. The number of carbonyl (C=O) groups excluding carboxylic acids is 2. The number of hydrogen-bond donors (Lipinski definition) is 0. The monoisotopic (exact) mass is 402 g/mol. The Morgan fingerprint density at radius 2 is 1.03 bits per heavy atom. The highest BCUT2D eigenvalue weighted by Crippen LogP contribution is 2.26. The highest BCUT2D eigenvalue weighted by atomic mass is 32.1. The quantitative estimate of drug-likeness (QED) is 0.646. The first-order valence-electron chi connectivity index (χ1n) is 10.0. The van der Waals surface area contributed by atoms with Crippen LogP contribution in [0.4, 0.5) is 0 Å². The first-order valence-corrected chi connectivity index (χ1v) is 10.8. The van der Waals surface area contributed by atoms with Crippen LogP contribution in [0.25, 0.3) is 0 Å². The van der Waals surface area contributed by atoms with Crippen LogP contribution in [0.2, 0.25) is 0 Å². The molecule has 0 unspecified atom stereocenters. The SMILES string of the molecule is O=C(c1ccc(C(=O)N2CCc3ccccc3C2)s1)N1CCc2ccccc2C1. The van der Waals surface area contributed by atoms with Gasteiger partial charge in [-0.3, -0.25) is 9.59 Å². The van der Waals surface area contributed by atoms with Gasteiger partial charge in [-0.1, -0.05) is 48.5 Å². The van der Waals surface area contributed by atoms with Crippen molar-refractivity contribution >= 4 is 23.2 Å². The Kier molecular flexibility index (Phi) is 4.68. The third-order valence-electron chi connectivity index (χ3n) is 5.86. The molecule has 0 bridgehead atoms. The summed E-state index contributed by atoms with van der Waals surface area (Å²) in [6, 6.07) is 20.2. The Hall–Kier alpha value is -2.92. The van der Waals surface area contributed by atoms with Crippen LogP contribution in [-0.2, 0) is 25.9 Å². The van der Waals surface area contributed by atoms with Gasteiger partial charge in [-0.15, -0.1) is 11.3 Å². The van der Waals surface area contributed by atoms with E-state index in [0.29, 0.717) is 22.8 Å². The van der Waals surface area contributed by atoms with Crippen LogP contribution >= 0.6 is 11.3 Å². The zero-order valence-corrected chi connectivity index (χ0v) is 17.0. The second kappa shape index (κ2) is 7.48. The van der Waals surface area contributed by atoms with Crippen LogP contribution in [0.1, 0.15) is 41.6 Å². The lowest BCUT2D eigenvalue weighted by Crippen LogP contribution is -2.36. The zero-order valence-electron chi connectivity index (χ0n) is 16.1. The standard InChI is InChI=1S/C24H22N2O2S/c27-23(25-13-11-17-5-1-3-7-19(17)15-25)21-9-10-22(29-21)24(28)26-14-12-18-6-2-4-8-20(18)16-26/h1-10H,11-16H2. The predicted molar refractivity (Wildman–Crippen MR) is 114 cm³/mol. The molecule has 2 aliphatic heterocycles. The van der Waals surface area contributed by atoms with Gasteiger partial charge in [-0.25, -0.2) is 0 Å². The smallest absolute Gasteiger partial charge is 0.264 e. The lowest BCUT2D eigenvalue weighted by molar-refractivity contribution is 0.0734. The summed E-state index contributed by atoms with van der Waals surface area (Å²) >= 11 is 1.32. The molecule has 4 nitrogen and oxygen atoms in total. The molecular formula is C24H22N2O2S. The molecule has 2 amide bonds. The minimum atomic E-state index is 0.0209. The highest BCUT2D eigenvalue weighted by molar-refractivity contribution is 7.15. The van der Waals surface area contributed by atoms with Gasteiger partial charge in [-0.2, -0.15) is 0 Å². The summed E-state index contributed by atoms with van der Waals surface area (Å²) in [5.41, 5.74) is 5.08. The second-order valence-corrected chi connectivity index (χ2v) is 8.74. The van der Waals surface area contributed by atoms with Crippen LogP contribution in [-0.4, -0.2) is 34.7 Å². The molecular weight excluding hydrogens is 380 g/mol. The minimum Gasteiger partial charge on any atom is -0.333 e. The summed E-state index contributed by atoms with van der Waals surface area (Å²) in [4.78, 5) is 31.1. The second-order valence-electron chi connectivity index (χ2n) is 7.65. The number of rotatable bonds is 2. The average Bonchev–Trinajstić information content (AvgIpc) is 3.27. The van der Waals surface area contributed by atoms with E-state index in [1.165, 1.54) is 33.6 Å². The van der Waals surface area contributed by atoms with Crippen molar-refractivity contribution in [2.75, 3.05) is 13.1 Å². The van der Waals surface area contributed by atoms with E-state index in [2.05, 4.69) is 24.3 Å². The largest absolute Gasteiger partial charge is 0.333 e. The number of hydrogen-bond acceptors (Lipinski definition) is 3. The number of nitrogens with zero attached hydrogens (tertiary/aromatic N) is 2. The van der Waals surface area contributed by atoms with Gasteiger partial charge < -0.3 is 9.80 Å². The molecule has 0 fully saturated rings. The third-order valence-corrected chi connectivity index (χ3v) is 6.92. The molecule has 5 rings (SSSR count). The number of carbonyl (C=O) groups is 2. The lowest BCUT2D eigenvalue weighted by Gasteiger charge is -2.29. The predicted octanol–water partition coefficient (Wildman–Crippen LogP) is 4.15. The van der Waals surface area contributed by atoms with E-state index in [1.54, 1.807) is 12.1 Å². The van der Waals surface area contributed by atoms with Crippen LogP contribution in [0.3, 0.4) is 0 Å². The maximum absolute atomic E-state index is 13.0. The summed E-state index contributed by atoms with van der Waals surface area (Å²) in [6.45, 7) is 2.72. The Bertz CT molecular complexity index is 1000. The third kappa shape index (κ3) is 3.47. The summed E-state index contributed by atoms with van der Waals surface area (Å²) in [5.74, 6) is 0.0417. The summed E-state index contributed by atoms with van der Waals surface area (Å²) in [7, 11) is 0. The van der Waals surface area contributed by atoms with Crippen LogP contribution < -0.4 is 0 Å². The number of amides is 2. The van der Waals surface area contributed by atoms with Crippen molar-refractivity contribution in [3.8, 4) is 0 Å². The summed E-state index contributed by atoms with van der Waals surface area (Å²) < 4.78 is 0. The Labute approximate surface area is 174 Å². The average molecular weight is 403 g/mol. The molecule has 0 radical (unpaired) electrons. The van der Waals surface area contributed by atoms with Crippen molar-refractivity contribution in [3.63, 3.8) is 0 Å². The van der Waals surface area contributed by atoms with Gasteiger partial charge in [-0.05, 0) is 47.2 Å². The molecule has 0 saturated carbocycles. The van der Waals surface area contributed by atoms with Crippen molar-refractivity contribution in [1.29, 1.82) is 0 Å².